The smallest absolute Gasteiger partial charge is 0.187 e. The van der Waals surface area contributed by atoms with Gasteiger partial charge >= 0.3 is 0 Å². The number of carbonyl (C=O) groups excluding carboxylic acids is 2. The number of unbranched alkanes of at least 4 members (excludes halogenated alkanes) is 3. The number of carbonyl (C=O) groups is 2. The zero-order valence-electron chi connectivity index (χ0n) is 21.1. The van der Waals surface area contributed by atoms with Crippen LogP contribution in [0.25, 0.3) is 0 Å². The van der Waals surface area contributed by atoms with E-state index in [0.29, 0.717) is 6.42 Å². The summed E-state index contributed by atoms with van der Waals surface area (Å²) < 4.78 is 10.8. The van der Waals surface area contributed by atoms with Gasteiger partial charge in [-0.2, -0.15) is 0 Å². The fraction of sp³-hybridized carbons (Fsp3) is 0.769. The minimum Gasteiger partial charge on any atom is -0.550 e. The number of aliphatic hydroxyl groups excluding tert-OH is 5. The number of ether oxygens (including phenoxy) is 2. The highest BCUT2D eigenvalue weighted by atomic mass is 16.7. The number of carboxylic acids is 2. The molecule has 2 rings (SSSR count). The van der Waals surface area contributed by atoms with Crippen molar-refractivity contribution in [3.8, 4) is 0 Å². The number of carboxylic acid groups (broad SMARTS) is 2. The molecule has 0 radical (unpaired) electrons. The van der Waals surface area contributed by atoms with Gasteiger partial charge in [0.2, 0.25) is 0 Å². The van der Waals surface area contributed by atoms with E-state index in [1.807, 2.05) is 6.08 Å². The molecule has 11 nitrogen and oxygen atoms in total. The Kier molecular flexibility index (Phi) is 13.2. The number of hydrogen-bond donors (Lipinski definition) is 5. The van der Waals surface area contributed by atoms with Gasteiger partial charge in [-0.25, -0.2) is 0 Å². The summed E-state index contributed by atoms with van der Waals surface area (Å²) in [7, 11) is 0. The van der Waals surface area contributed by atoms with Crippen molar-refractivity contribution >= 4 is 11.9 Å². The van der Waals surface area contributed by atoms with E-state index in [1.54, 1.807) is 12.2 Å². The van der Waals surface area contributed by atoms with Gasteiger partial charge in [0.1, 0.15) is 24.4 Å². The highest BCUT2D eigenvalue weighted by molar-refractivity contribution is 5.71. The molecule has 0 aromatic rings. The van der Waals surface area contributed by atoms with Crippen molar-refractivity contribution in [1.82, 2.24) is 0 Å². The number of aliphatic carboxylic acids is 2. The SMILES string of the molecule is CCCCC/C=C\C[C@@H]1[C@H](/C=C/[C@@H](CCCC(=O)[O-])O[C@@H]2O[C@H](C(=O)[O-])[C@@H](O)[C@H](O)[C@H]2O)[C@@H](O)C[C@H]1O. The van der Waals surface area contributed by atoms with Gasteiger partial charge in [0.15, 0.2) is 6.29 Å². The lowest BCUT2D eigenvalue weighted by atomic mass is 9.89. The molecule has 10 atom stereocenters. The van der Waals surface area contributed by atoms with Gasteiger partial charge in [-0.1, -0.05) is 44.1 Å². The van der Waals surface area contributed by atoms with Crippen molar-refractivity contribution in [2.75, 3.05) is 0 Å². The molecule has 37 heavy (non-hydrogen) atoms. The van der Waals surface area contributed by atoms with Crippen LogP contribution in [0.2, 0.25) is 0 Å². The van der Waals surface area contributed by atoms with Gasteiger partial charge in [0.25, 0.3) is 0 Å². The Morgan fingerprint density at radius 2 is 1.73 bits per heavy atom. The lowest BCUT2D eigenvalue weighted by Gasteiger charge is -2.41. The van der Waals surface area contributed by atoms with E-state index in [0.717, 1.165) is 25.7 Å². The topological polar surface area (TPSA) is 200 Å². The van der Waals surface area contributed by atoms with E-state index < -0.39 is 66.9 Å². The summed E-state index contributed by atoms with van der Waals surface area (Å²) in [6, 6.07) is 0. The summed E-state index contributed by atoms with van der Waals surface area (Å²) in [6.07, 6.45) is 0.610. The molecule has 2 fully saturated rings. The highest BCUT2D eigenvalue weighted by Crippen LogP contribution is 2.36. The fourth-order valence-corrected chi connectivity index (χ4v) is 4.83. The second-order valence-corrected chi connectivity index (χ2v) is 9.85. The van der Waals surface area contributed by atoms with Gasteiger partial charge in [-0.05, 0) is 44.4 Å². The van der Waals surface area contributed by atoms with E-state index in [1.165, 1.54) is 0 Å². The summed E-state index contributed by atoms with van der Waals surface area (Å²) in [5.74, 6) is -3.76. The van der Waals surface area contributed by atoms with Crippen LogP contribution in [-0.2, 0) is 19.1 Å². The Morgan fingerprint density at radius 1 is 1.00 bits per heavy atom. The van der Waals surface area contributed by atoms with Crippen LogP contribution < -0.4 is 10.2 Å². The average Bonchev–Trinajstić information content (AvgIpc) is 3.11. The number of allylic oxidation sites excluding steroid dienone is 2. The highest BCUT2D eigenvalue weighted by Gasteiger charge is 2.45. The van der Waals surface area contributed by atoms with E-state index in [-0.39, 0.29) is 31.6 Å². The Labute approximate surface area is 217 Å². The predicted octanol–water partition coefficient (Wildman–Crippen LogP) is -1.71. The number of hydrogen-bond acceptors (Lipinski definition) is 11. The molecule has 212 valence electrons. The first-order valence-corrected chi connectivity index (χ1v) is 13.0. The molecule has 2 aliphatic rings. The molecule has 0 aromatic heterocycles. The molecule has 5 N–H and O–H groups in total. The van der Waals surface area contributed by atoms with E-state index in [4.69, 9.17) is 9.47 Å². The quantitative estimate of drug-likeness (QED) is 0.120. The summed E-state index contributed by atoms with van der Waals surface area (Å²) >= 11 is 0. The lowest BCUT2D eigenvalue weighted by Crippen LogP contribution is -2.63. The number of rotatable bonds is 15. The molecule has 0 aromatic carbocycles. The molecule has 1 aliphatic heterocycles. The molecule has 0 bridgehead atoms. The molecule has 11 heteroatoms. The van der Waals surface area contributed by atoms with Gasteiger partial charge in [0.05, 0.1) is 24.3 Å². The third kappa shape index (κ3) is 9.43. The maximum atomic E-state index is 11.3. The average molecular weight is 529 g/mol. The van der Waals surface area contributed by atoms with Crippen molar-refractivity contribution in [2.45, 2.75) is 114 Å². The molecule has 1 heterocycles. The molecule has 1 saturated carbocycles. The third-order valence-electron chi connectivity index (χ3n) is 6.99. The van der Waals surface area contributed by atoms with Crippen LogP contribution in [-0.4, -0.2) is 86.5 Å². The molecule has 1 aliphatic carbocycles. The van der Waals surface area contributed by atoms with Crippen LogP contribution in [0.4, 0.5) is 0 Å². The van der Waals surface area contributed by atoms with E-state index in [9.17, 15) is 45.3 Å². The van der Waals surface area contributed by atoms with Crippen LogP contribution in [0.15, 0.2) is 24.3 Å². The zero-order valence-corrected chi connectivity index (χ0v) is 21.1. The number of aliphatic hydroxyl groups is 5. The van der Waals surface area contributed by atoms with Crippen LogP contribution >= 0.6 is 0 Å². The van der Waals surface area contributed by atoms with Crippen molar-refractivity contribution in [3.63, 3.8) is 0 Å². The first-order chi connectivity index (χ1) is 17.6. The summed E-state index contributed by atoms with van der Waals surface area (Å²) in [6.45, 7) is 2.13. The van der Waals surface area contributed by atoms with Crippen molar-refractivity contribution in [1.29, 1.82) is 0 Å². The van der Waals surface area contributed by atoms with Crippen LogP contribution in [0.3, 0.4) is 0 Å². The molecule has 0 spiro atoms. The standard InChI is InChI=1S/C26H42O11/c1-2-3-4-5-6-7-10-16-17(19(28)14-18(16)27)13-12-15(9-8-11-20(29)30)36-26-23(33)21(31)22(32)24(37-26)25(34)35/h6-7,12-13,15-19,21-24,26-28,31-33H,2-5,8-11,14H2,1H3,(H,29,30)(H,34,35)/p-2/b7-6-,13-12+/t15-,16-,17+,18-,19+,21+,22+,23-,24+,26-/m1/s1. The van der Waals surface area contributed by atoms with Gasteiger partial charge in [-0.3, -0.25) is 0 Å². The summed E-state index contributed by atoms with van der Waals surface area (Å²) in [4.78, 5) is 22.1. The summed E-state index contributed by atoms with van der Waals surface area (Å²) in [5, 5.41) is 73.3. The Balaban J connectivity index is 2.12. The minimum atomic E-state index is -1.95. The largest absolute Gasteiger partial charge is 0.550 e. The Morgan fingerprint density at radius 3 is 2.38 bits per heavy atom. The third-order valence-corrected chi connectivity index (χ3v) is 6.99. The van der Waals surface area contributed by atoms with Gasteiger partial charge < -0.3 is 54.8 Å². The summed E-state index contributed by atoms with van der Waals surface area (Å²) in [5.41, 5.74) is 0. The van der Waals surface area contributed by atoms with E-state index in [2.05, 4.69) is 13.0 Å². The van der Waals surface area contributed by atoms with Gasteiger partial charge in [-0.15, -0.1) is 0 Å². The maximum Gasteiger partial charge on any atom is 0.187 e. The molecule has 1 saturated heterocycles. The first kappa shape index (κ1) is 31.4. The van der Waals surface area contributed by atoms with E-state index >= 15 is 0 Å². The predicted molar refractivity (Wildman–Crippen MR) is 126 cm³/mol. The van der Waals surface area contributed by atoms with Crippen LogP contribution in [0, 0.1) is 11.8 Å². The van der Waals surface area contributed by atoms with Crippen molar-refractivity contribution in [3.05, 3.63) is 24.3 Å². The first-order valence-electron chi connectivity index (χ1n) is 13.0. The van der Waals surface area contributed by atoms with Crippen LogP contribution in [0.1, 0.15) is 64.7 Å². The lowest BCUT2D eigenvalue weighted by molar-refractivity contribution is -0.351. The maximum absolute atomic E-state index is 11.3. The van der Waals surface area contributed by atoms with Crippen molar-refractivity contribution < 1.29 is 54.8 Å². The normalized spacial score (nSPS) is 35.4. The molecular weight excluding hydrogens is 488 g/mol. The minimum absolute atomic E-state index is 0.110. The fourth-order valence-electron chi connectivity index (χ4n) is 4.83. The molecule has 0 amide bonds. The zero-order chi connectivity index (χ0) is 27.5. The Hall–Kier alpha value is -1.86. The second-order valence-electron chi connectivity index (χ2n) is 9.85. The Bertz CT molecular complexity index is 770. The van der Waals surface area contributed by atoms with Crippen LogP contribution in [0.5, 0.6) is 0 Å². The molecule has 0 unspecified atom stereocenters. The van der Waals surface area contributed by atoms with Crippen molar-refractivity contribution in [2.24, 2.45) is 11.8 Å². The van der Waals surface area contributed by atoms with Gasteiger partial charge in [0, 0.05) is 18.3 Å². The monoisotopic (exact) mass is 528 g/mol. The second kappa shape index (κ2) is 15.5. The molecular formula is C26H40O11-2.